The molecule has 0 saturated carbocycles. The highest BCUT2D eigenvalue weighted by Crippen LogP contribution is 2.06. The van der Waals surface area contributed by atoms with Gasteiger partial charge < -0.3 is 15.2 Å². The Morgan fingerprint density at radius 3 is 2.58 bits per heavy atom. The minimum atomic E-state index is 0.655. The van der Waals surface area contributed by atoms with Crippen LogP contribution in [0.4, 0.5) is 0 Å². The monoisotopic (exact) mass is 327 g/mol. The van der Waals surface area contributed by atoms with Gasteiger partial charge in [-0.2, -0.15) is 0 Å². The average Bonchev–Trinajstić information content (AvgIpc) is 3.06. The second-order valence-electron chi connectivity index (χ2n) is 5.95. The third-order valence-corrected chi connectivity index (χ3v) is 4.35. The quantitative estimate of drug-likeness (QED) is 0.579. The van der Waals surface area contributed by atoms with Gasteiger partial charge in [0, 0.05) is 32.5 Å². The first kappa shape index (κ1) is 18.0. The summed E-state index contributed by atoms with van der Waals surface area (Å²) in [7, 11) is 1.80. The number of benzene rings is 1. The molecule has 0 aliphatic rings. The van der Waals surface area contributed by atoms with Crippen molar-refractivity contribution in [2.75, 3.05) is 13.6 Å². The molecule has 1 heterocycles. The second kappa shape index (κ2) is 9.75. The van der Waals surface area contributed by atoms with Crippen molar-refractivity contribution in [2.45, 2.75) is 39.8 Å². The Balaban J connectivity index is 1.88. The first-order valence-electron chi connectivity index (χ1n) is 8.75. The molecular formula is C19H29N5. The van der Waals surface area contributed by atoms with Crippen LogP contribution in [0.2, 0.25) is 0 Å². The van der Waals surface area contributed by atoms with E-state index < -0.39 is 0 Å². The summed E-state index contributed by atoms with van der Waals surface area (Å²) < 4.78 is 2.16. The van der Waals surface area contributed by atoms with Gasteiger partial charge in [0.1, 0.15) is 5.82 Å². The lowest BCUT2D eigenvalue weighted by Gasteiger charge is -2.17. The summed E-state index contributed by atoms with van der Waals surface area (Å²) in [6.45, 7) is 6.89. The summed E-state index contributed by atoms with van der Waals surface area (Å²) >= 11 is 0. The smallest absolute Gasteiger partial charge is 0.191 e. The van der Waals surface area contributed by atoms with E-state index in [1.165, 1.54) is 18.4 Å². The minimum absolute atomic E-state index is 0.655. The molecule has 0 atom stereocenters. The summed E-state index contributed by atoms with van der Waals surface area (Å²) in [5.74, 6) is 2.52. The predicted octanol–water partition coefficient (Wildman–Crippen LogP) is 3.03. The van der Waals surface area contributed by atoms with Gasteiger partial charge in [0.2, 0.25) is 0 Å². The van der Waals surface area contributed by atoms with Crippen LogP contribution in [0.3, 0.4) is 0 Å². The van der Waals surface area contributed by atoms with Gasteiger partial charge >= 0.3 is 0 Å². The topological polar surface area (TPSA) is 54.2 Å². The standard InChI is InChI=1S/C19H29N5/c1-4-16(5-2)13-22-19(20-3)23-14-18-21-11-12-24(18)15-17-9-7-6-8-10-17/h6-12,16H,4-5,13-15H2,1-3H3,(H2,20,22,23). The fourth-order valence-electron chi connectivity index (χ4n) is 2.63. The number of hydrogen-bond donors (Lipinski definition) is 2. The number of aliphatic imine (C=N–C) groups is 1. The third-order valence-electron chi connectivity index (χ3n) is 4.35. The van der Waals surface area contributed by atoms with Crippen molar-refractivity contribution in [3.8, 4) is 0 Å². The SMILES string of the molecule is CCC(CC)CNC(=NC)NCc1nccn1Cc1ccccc1. The fraction of sp³-hybridized carbons (Fsp3) is 0.474. The lowest BCUT2D eigenvalue weighted by Crippen LogP contribution is -2.39. The lowest BCUT2D eigenvalue weighted by molar-refractivity contribution is 0.481. The fourth-order valence-corrected chi connectivity index (χ4v) is 2.63. The number of imidazole rings is 1. The van der Waals surface area contributed by atoms with E-state index in [0.29, 0.717) is 12.5 Å². The van der Waals surface area contributed by atoms with Crippen LogP contribution < -0.4 is 10.6 Å². The molecule has 1 aromatic heterocycles. The zero-order chi connectivity index (χ0) is 17.2. The van der Waals surface area contributed by atoms with E-state index in [2.05, 4.69) is 63.3 Å². The van der Waals surface area contributed by atoms with Crippen molar-refractivity contribution < 1.29 is 0 Å². The van der Waals surface area contributed by atoms with E-state index in [1.807, 2.05) is 18.5 Å². The summed E-state index contributed by atoms with van der Waals surface area (Å²) in [6.07, 6.45) is 6.23. The number of nitrogens with one attached hydrogen (secondary N) is 2. The number of guanidine groups is 1. The highest BCUT2D eigenvalue weighted by Gasteiger charge is 2.07. The zero-order valence-electron chi connectivity index (χ0n) is 15.0. The van der Waals surface area contributed by atoms with Crippen molar-refractivity contribution in [1.82, 2.24) is 20.2 Å². The van der Waals surface area contributed by atoms with Crippen molar-refractivity contribution >= 4 is 5.96 Å². The highest BCUT2D eigenvalue weighted by molar-refractivity contribution is 5.79. The van der Waals surface area contributed by atoms with Gasteiger partial charge in [-0.25, -0.2) is 4.98 Å². The van der Waals surface area contributed by atoms with Crippen molar-refractivity contribution in [2.24, 2.45) is 10.9 Å². The van der Waals surface area contributed by atoms with Crippen molar-refractivity contribution in [3.05, 3.63) is 54.1 Å². The molecule has 0 aliphatic heterocycles. The van der Waals surface area contributed by atoms with E-state index in [9.17, 15) is 0 Å². The molecular weight excluding hydrogens is 298 g/mol. The molecule has 0 aliphatic carbocycles. The number of nitrogens with zero attached hydrogens (tertiary/aromatic N) is 3. The van der Waals surface area contributed by atoms with Gasteiger partial charge in [0.15, 0.2) is 5.96 Å². The Hall–Kier alpha value is -2.30. The van der Waals surface area contributed by atoms with Crippen LogP contribution in [0.5, 0.6) is 0 Å². The van der Waals surface area contributed by atoms with Gasteiger partial charge in [-0.05, 0) is 11.5 Å². The van der Waals surface area contributed by atoms with Crippen LogP contribution in [0, 0.1) is 5.92 Å². The van der Waals surface area contributed by atoms with Crippen LogP contribution in [0.1, 0.15) is 38.1 Å². The Kier molecular flexibility index (Phi) is 7.33. The van der Waals surface area contributed by atoms with E-state index in [4.69, 9.17) is 0 Å². The normalized spacial score (nSPS) is 11.8. The van der Waals surface area contributed by atoms with Gasteiger partial charge in [-0.3, -0.25) is 4.99 Å². The summed E-state index contributed by atoms with van der Waals surface area (Å²) in [4.78, 5) is 8.76. The first-order chi connectivity index (χ1) is 11.8. The van der Waals surface area contributed by atoms with Gasteiger partial charge in [-0.15, -0.1) is 0 Å². The van der Waals surface area contributed by atoms with Gasteiger partial charge in [0.25, 0.3) is 0 Å². The molecule has 0 amide bonds. The molecule has 130 valence electrons. The van der Waals surface area contributed by atoms with E-state index in [-0.39, 0.29) is 0 Å². The zero-order valence-corrected chi connectivity index (χ0v) is 15.0. The van der Waals surface area contributed by atoms with Gasteiger partial charge in [0.05, 0.1) is 6.54 Å². The summed E-state index contributed by atoms with van der Waals surface area (Å²) in [5, 5.41) is 6.76. The number of rotatable bonds is 8. The average molecular weight is 327 g/mol. The van der Waals surface area contributed by atoms with Crippen LogP contribution in [0.15, 0.2) is 47.7 Å². The number of hydrogen-bond acceptors (Lipinski definition) is 2. The molecule has 0 unspecified atom stereocenters. The molecule has 0 bridgehead atoms. The van der Waals surface area contributed by atoms with Crippen molar-refractivity contribution in [3.63, 3.8) is 0 Å². The minimum Gasteiger partial charge on any atom is -0.356 e. The largest absolute Gasteiger partial charge is 0.356 e. The van der Waals surface area contributed by atoms with Crippen LogP contribution in [0.25, 0.3) is 0 Å². The number of aromatic nitrogens is 2. The second-order valence-corrected chi connectivity index (χ2v) is 5.95. The summed E-state index contributed by atoms with van der Waals surface area (Å²) in [6, 6.07) is 10.4. The molecule has 0 fully saturated rings. The first-order valence-corrected chi connectivity index (χ1v) is 8.75. The maximum atomic E-state index is 4.46. The molecule has 5 nitrogen and oxygen atoms in total. The predicted molar refractivity (Wildman–Crippen MR) is 100 cm³/mol. The van der Waals surface area contributed by atoms with Crippen LogP contribution in [-0.4, -0.2) is 29.1 Å². The Bertz CT molecular complexity index is 614. The maximum absolute atomic E-state index is 4.46. The molecule has 2 N–H and O–H groups in total. The Morgan fingerprint density at radius 2 is 1.92 bits per heavy atom. The summed E-state index contributed by atoms with van der Waals surface area (Å²) in [5.41, 5.74) is 1.27. The molecule has 2 aromatic rings. The van der Waals surface area contributed by atoms with E-state index >= 15 is 0 Å². The maximum Gasteiger partial charge on any atom is 0.191 e. The highest BCUT2D eigenvalue weighted by atomic mass is 15.2. The van der Waals surface area contributed by atoms with Crippen molar-refractivity contribution in [1.29, 1.82) is 0 Å². The van der Waals surface area contributed by atoms with Gasteiger partial charge in [-0.1, -0.05) is 57.0 Å². The van der Waals surface area contributed by atoms with Crippen LogP contribution in [-0.2, 0) is 13.1 Å². The molecule has 0 radical (unpaired) electrons. The molecule has 0 spiro atoms. The molecule has 0 saturated heterocycles. The van der Waals surface area contributed by atoms with Crippen LogP contribution >= 0.6 is 0 Å². The third kappa shape index (κ3) is 5.41. The molecule has 1 aromatic carbocycles. The van der Waals surface area contributed by atoms with E-state index in [1.54, 1.807) is 7.05 Å². The molecule has 5 heteroatoms. The Morgan fingerprint density at radius 1 is 1.17 bits per heavy atom. The lowest BCUT2D eigenvalue weighted by atomic mass is 10.0. The molecule has 24 heavy (non-hydrogen) atoms. The Labute approximate surface area is 145 Å². The molecule has 2 rings (SSSR count). The van der Waals surface area contributed by atoms with E-state index in [0.717, 1.165) is 24.9 Å².